The molecule has 1 aromatic rings. The van der Waals surface area contributed by atoms with E-state index in [1.54, 1.807) is 0 Å². The molecule has 1 unspecified atom stereocenters. The molecule has 2 rings (SSSR count). The fourth-order valence-corrected chi connectivity index (χ4v) is 2.12. The van der Waals surface area contributed by atoms with Gasteiger partial charge in [0, 0.05) is 6.42 Å². The summed E-state index contributed by atoms with van der Waals surface area (Å²) in [7, 11) is 0. The van der Waals surface area contributed by atoms with Crippen LogP contribution in [0.5, 0.6) is 0 Å². The molecule has 0 saturated carbocycles. The van der Waals surface area contributed by atoms with Crippen LogP contribution in [0, 0.1) is 6.92 Å². The van der Waals surface area contributed by atoms with E-state index in [4.69, 9.17) is 4.74 Å². The average molecular weight is 217 g/mol. The summed E-state index contributed by atoms with van der Waals surface area (Å²) in [5, 5.41) is 3.49. The molecule has 0 aromatic heterocycles. The maximum absolute atomic E-state index is 5.68. The minimum atomic E-state index is 0.216. The van der Waals surface area contributed by atoms with E-state index in [1.807, 2.05) is 0 Å². The van der Waals surface area contributed by atoms with Crippen molar-refractivity contribution in [3.8, 4) is 0 Å². The highest BCUT2D eigenvalue weighted by Crippen LogP contribution is 2.28. The van der Waals surface area contributed by atoms with E-state index in [9.17, 15) is 0 Å². The third-order valence-electron chi connectivity index (χ3n) is 2.92. The van der Waals surface area contributed by atoms with Gasteiger partial charge >= 0.3 is 0 Å². The molecule has 1 heterocycles. The van der Waals surface area contributed by atoms with Gasteiger partial charge in [0.25, 0.3) is 0 Å². The second kappa shape index (κ2) is 5.17. The maximum atomic E-state index is 5.68. The summed E-state index contributed by atoms with van der Waals surface area (Å²) < 4.78 is 5.68. The Morgan fingerprint density at radius 2 is 2.19 bits per heavy atom. The Morgan fingerprint density at radius 3 is 2.81 bits per heavy atom. The van der Waals surface area contributed by atoms with Gasteiger partial charge < -0.3 is 10.1 Å². The van der Waals surface area contributed by atoms with Gasteiger partial charge in [-0.05, 0) is 30.7 Å². The summed E-state index contributed by atoms with van der Waals surface area (Å²) in [4.78, 5) is 0. The summed E-state index contributed by atoms with van der Waals surface area (Å²) in [5.41, 5.74) is 2.63. The van der Waals surface area contributed by atoms with Crippen LogP contribution < -0.4 is 5.32 Å². The molecule has 0 fully saturated rings. The van der Waals surface area contributed by atoms with E-state index >= 15 is 0 Å². The van der Waals surface area contributed by atoms with E-state index in [2.05, 4.69) is 49.5 Å². The van der Waals surface area contributed by atoms with Gasteiger partial charge in [0.15, 0.2) is 0 Å². The van der Waals surface area contributed by atoms with Crippen LogP contribution in [0.25, 0.3) is 0 Å². The SMILES string of the molecule is CCNC(C1=CCCO1)c1ccccc1C. The zero-order valence-electron chi connectivity index (χ0n) is 9.99. The summed E-state index contributed by atoms with van der Waals surface area (Å²) >= 11 is 0. The second-order valence-corrected chi connectivity index (χ2v) is 4.09. The van der Waals surface area contributed by atoms with Crippen molar-refractivity contribution in [1.29, 1.82) is 0 Å². The van der Waals surface area contributed by atoms with E-state index < -0.39 is 0 Å². The largest absolute Gasteiger partial charge is 0.496 e. The molecule has 1 N–H and O–H groups in total. The molecule has 16 heavy (non-hydrogen) atoms. The molecular weight excluding hydrogens is 198 g/mol. The Labute approximate surface area is 97.3 Å². The molecule has 0 radical (unpaired) electrons. The minimum absolute atomic E-state index is 0.216. The highest BCUT2D eigenvalue weighted by Gasteiger charge is 2.20. The van der Waals surface area contributed by atoms with Gasteiger partial charge in [0.1, 0.15) is 5.76 Å². The van der Waals surface area contributed by atoms with Crippen molar-refractivity contribution in [3.63, 3.8) is 0 Å². The molecular formula is C14H19NO. The van der Waals surface area contributed by atoms with E-state index in [-0.39, 0.29) is 6.04 Å². The van der Waals surface area contributed by atoms with Gasteiger partial charge in [0.2, 0.25) is 0 Å². The first-order chi connectivity index (χ1) is 7.83. The lowest BCUT2D eigenvalue weighted by Gasteiger charge is -2.21. The third-order valence-corrected chi connectivity index (χ3v) is 2.92. The fourth-order valence-electron chi connectivity index (χ4n) is 2.12. The number of rotatable bonds is 4. The van der Waals surface area contributed by atoms with Gasteiger partial charge in [-0.3, -0.25) is 0 Å². The Hall–Kier alpha value is -1.28. The minimum Gasteiger partial charge on any atom is -0.496 e. The molecule has 0 amide bonds. The Morgan fingerprint density at radius 1 is 1.38 bits per heavy atom. The lowest BCUT2D eigenvalue weighted by atomic mass is 9.99. The van der Waals surface area contributed by atoms with Crippen LogP contribution >= 0.6 is 0 Å². The van der Waals surface area contributed by atoms with Crippen LogP contribution in [0.15, 0.2) is 36.1 Å². The quantitative estimate of drug-likeness (QED) is 0.837. The Bertz CT molecular complexity index is 384. The van der Waals surface area contributed by atoms with Crippen LogP contribution in [0.3, 0.4) is 0 Å². The fraction of sp³-hybridized carbons (Fsp3) is 0.429. The molecule has 0 aliphatic carbocycles. The van der Waals surface area contributed by atoms with Crippen molar-refractivity contribution in [1.82, 2.24) is 5.32 Å². The van der Waals surface area contributed by atoms with Crippen molar-refractivity contribution >= 4 is 0 Å². The van der Waals surface area contributed by atoms with Crippen molar-refractivity contribution in [2.24, 2.45) is 0 Å². The van der Waals surface area contributed by atoms with Crippen LogP contribution in [-0.2, 0) is 4.74 Å². The zero-order chi connectivity index (χ0) is 11.4. The van der Waals surface area contributed by atoms with E-state index in [1.165, 1.54) is 11.1 Å². The smallest absolute Gasteiger partial charge is 0.114 e. The monoisotopic (exact) mass is 217 g/mol. The number of aryl methyl sites for hydroxylation is 1. The predicted octanol–water partition coefficient (Wildman–Crippen LogP) is 2.95. The summed E-state index contributed by atoms with van der Waals surface area (Å²) in [6, 6.07) is 8.70. The lowest BCUT2D eigenvalue weighted by Crippen LogP contribution is -2.23. The Kier molecular flexibility index (Phi) is 3.62. The first-order valence-electron chi connectivity index (χ1n) is 5.94. The molecule has 86 valence electrons. The van der Waals surface area contributed by atoms with E-state index in [0.717, 1.165) is 25.3 Å². The van der Waals surface area contributed by atoms with E-state index in [0.29, 0.717) is 0 Å². The number of nitrogens with one attached hydrogen (secondary N) is 1. The van der Waals surface area contributed by atoms with Crippen LogP contribution in [0.4, 0.5) is 0 Å². The normalized spacial score (nSPS) is 16.8. The second-order valence-electron chi connectivity index (χ2n) is 4.09. The van der Waals surface area contributed by atoms with Gasteiger partial charge in [-0.15, -0.1) is 0 Å². The van der Waals surface area contributed by atoms with Crippen LogP contribution in [-0.4, -0.2) is 13.2 Å². The molecule has 0 saturated heterocycles. The van der Waals surface area contributed by atoms with Crippen LogP contribution in [0.1, 0.15) is 30.5 Å². The highest BCUT2D eigenvalue weighted by atomic mass is 16.5. The number of ether oxygens (including phenoxy) is 1. The number of hydrogen-bond donors (Lipinski definition) is 1. The number of likely N-dealkylation sites (N-methyl/N-ethyl adjacent to an activating group) is 1. The Balaban J connectivity index is 2.28. The molecule has 2 heteroatoms. The number of hydrogen-bond acceptors (Lipinski definition) is 2. The zero-order valence-corrected chi connectivity index (χ0v) is 9.99. The first kappa shape index (κ1) is 11.2. The summed E-state index contributed by atoms with van der Waals surface area (Å²) in [6.07, 6.45) is 3.23. The molecule has 0 bridgehead atoms. The number of benzene rings is 1. The van der Waals surface area contributed by atoms with Crippen LogP contribution in [0.2, 0.25) is 0 Å². The molecule has 1 aliphatic rings. The highest BCUT2D eigenvalue weighted by molar-refractivity contribution is 5.33. The molecule has 1 aliphatic heterocycles. The first-order valence-corrected chi connectivity index (χ1v) is 5.94. The average Bonchev–Trinajstić information content (AvgIpc) is 2.80. The van der Waals surface area contributed by atoms with Gasteiger partial charge in [-0.25, -0.2) is 0 Å². The summed E-state index contributed by atoms with van der Waals surface area (Å²) in [6.45, 7) is 6.04. The summed E-state index contributed by atoms with van der Waals surface area (Å²) in [5.74, 6) is 1.08. The lowest BCUT2D eigenvalue weighted by molar-refractivity contribution is 0.216. The predicted molar refractivity (Wildman–Crippen MR) is 66.2 cm³/mol. The van der Waals surface area contributed by atoms with Gasteiger partial charge in [0.05, 0.1) is 12.6 Å². The van der Waals surface area contributed by atoms with Crippen molar-refractivity contribution in [2.45, 2.75) is 26.3 Å². The topological polar surface area (TPSA) is 21.3 Å². The van der Waals surface area contributed by atoms with Crippen molar-refractivity contribution < 1.29 is 4.74 Å². The van der Waals surface area contributed by atoms with Crippen molar-refractivity contribution in [3.05, 3.63) is 47.2 Å². The maximum Gasteiger partial charge on any atom is 0.114 e. The standard InChI is InChI=1S/C14H19NO/c1-3-15-14(13-9-6-10-16-13)12-8-5-4-7-11(12)2/h4-5,7-9,14-15H,3,6,10H2,1-2H3. The van der Waals surface area contributed by atoms with Crippen molar-refractivity contribution in [2.75, 3.05) is 13.2 Å². The molecule has 1 aromatic carbocycles. The molecule has 0 spiro atoms. The van der Waals surface area contributed by atoms with Gasteiger partial charge in [-0.2, -0.15) is 0 Å². The third kappa shape index (κ3) is 2.27. The molecule has 1 atom stereocenters. The molecule has 2 nitrogen and oxygen atoms in total. The van der Waals surface area contributed by atoms with Gasteiger partial charge in [-0.1, -0.05) is 31.2 Å².